The molecule has 0 spiro atoms. The van der Waals surface area contributed by atoms with Gasteiger partial charge in [0, 0.05) is 30.0 Å². The molecule has 0 aromatic carbocycles. The first-order valence-corrected chi connectivity index (χ1v) is 5.65. The molecule has 0 fully saturated rings. The van der Waals surface area contributed by atoms with Crippen molar-refractivity contribution in [3.05, 3.63) is 5.82 Å². The molecule has 0 aliphatic rings. The second kappa shape index (κ2) is 4.70. The molecule has 4 nitrogen and oxygen atoms in total. The maximum atomic E-state index is 5.61. The van der Waals surface area contributed by atoms with Crippen LogP contribution in [0.3, 0.4) is 0 Å². The van der Waals surface area contributed by atoms with E-state index in [2.05, 4.69) is 21.6 Å². The lowest BCUT2D eigenvalue weighted by molar-refractivity contribution is 0.579. The molecule has 0 aliphatic heterocycles. The number of nitrogens with two attached hydrogens (primary N) is 1. The lowest BCUT2D eigenvalue weighted by Crippen LogP contribution is -2.39. The molecule has 0 atom stereocenters. The summed E-state index contributed by atoms with van der Waals surface area (Å²) in [7, 11) is 0. The van der Waals surface area contributed by atoms with Gasteiger partial charge < -0.3 is 11.1 Å². The molecule has 0 aliphatic carbocycles. The standard InChI is InChI=1S/C9H18N4S/c1-4-5-7-11-8(14-13-7)12-9(2,3)6-10/h4-6,10H2,1-3H3,(H,11,12,13). The van der Waals surface area contributed by atoms with Crippen LogP contribution in [0.5, 0.6) is 0 Å². The number of aryl methyl sites for hydroxylation is 1. The van der Waals surface area contributed by atoms with Crippen LogP contribution < -0.4 is 11.1 Å². The highest BCUT2D eigenvalue weighted by molar-refractivity contribution is 7.09. The normalized spacial score (nSPS) is 11.7. The van der Waals surface area contributed by atoms with Gasteiger partial charge in [0.2, 0.25) is 5.13 Å². The summed E-state index contributed by atoms with van der Waals surface area (Å²) < 4.78 is 4.25. The molecule has 5 heteroatoms. The molecule has 1 aromatic heterocycles. The molecule has 1 aromatic rings. The van der Waals surface area contributed by atoms with E-state index in [1.807, 2.05) is 13.8 Å². The number of aromatic nitrogens is 2. The van der Waals surface area contributed by atoms with Crippen molar-refractivity contribution in [3.63, 3.8) is 0 Å². The van der Waals surface area contributed by atoms with Crippen molar-refractivity contribution in [2.75, 3.05) is 11.9 Å². The Hall–Kier alpha value is -0.680. The highest BCUT2D eigenvalue weighted by Crippen LogP contribution is 2.17. The fourth-order valence-electron chi connectivity index (χ4n) is 0.970. The largest absolute Gasteiger partial charge is 0.354 e. The molecule has 80 valence electrons. The number of anilines is 1. The van der Waals surface area contributed by atoms with E-state index in [0.717, 1.165) is 23.8 Å². The monoisotopic (exact) mass is 214 g/mol. The third-order valence-electron chi connectivity index (χ3n) is 1.90. The molecule has 14 heavy (non-hydrogen) atoms. The van der Waals surface area contributed by atoms with Gasteiger partial charge in [-0.3, -0.25) is 0 Å². The van der Waals surface area contributed by atoms with E-state index in [4.69, 9.17) is 5.73 Å². The van der Waals surface area contributed by atoms with Gasteiger partial charge in [-0.1, -0.05) is 6.92 Å². The Kier molecular flexibility index (Phi) is 3.83. The first-order chi connectivity index (χ1) is 6.57. The van der Waals surface area contributed by atoms with E-state index in [1.54, 1.807) is 0 Å². The molecule has 0 unspecified atom stereocenters. The summed E-state index contributed by atoms with van der Waals surface area (Å²) in [6, 6.07) is 0. The molecule has 0 bridgehead atoms. The SMILES string of the molecule is CCCc1nsc(NC(C)(C)CN)n1. The maximum absolute atomic E-state index is 5.61. The van der Waals surface area contributed by atoms with Crippen molar-refractivity contribution in [3.8, 4) is 0 Å². The zero-order valence-electron chi connectivity index (χ0n) is 9.00. The Labute approximate surface area is 89.1 Å². The third-order valence-corrected chi connectivity index (χ3v) is 2.57. The average Bonchev–Trinajstić information content (AvgIpc) is 2.53. The smallest absolute Gasteiger partial charge is 0.203 e. The van der Waals surface area contributed by atoms with Gasteiger partial charge in [-0.25, -0.2) is 4.98 Å². The van der Waals surface area contributed by atoms with Crippen LogP contribution in [0.25, 0.3) is 0 Å². The quantitative estimate of drug-likeness (QED) is 0.782. The molecule has 1 rings (SSSR count). The van der Waals surface area contributed by atoms with Crippen molar-refractivity contribution < 1.29 is 0 Å². The highest BCUT2D eigenvalue weighted by Gasteiger charge is 2.16. The first-order valence-electron chi connectivity index (χ1n) is 4.88. The Morgan fingerprint density at radius 3 is 2.79 bits per heavy atom. The van der Waals surface area contributed by atoms with E-state index in [9.17, 15) is 0 Å². The molecule has 0 radical (unpaired) electrons. The van der Waals surface area contributed by atoms with Gasteiger partial charge >= 0.3 is 0 Å². The summed E-state index contributed by atoms with van der Waals surface area (Å²) in [5.41, 5.74) is 5.51. The third kappa shape index (κ3) is 3.23. The van der Waals surface area contributed by atoms with E-state index >= 15 is 0 Å². The zero-order chi connectivity index (χ0) is 10.6. The van der Waals surface area contributed by atoms with Crippen molar-refractivity contribution in [2.45, 2.75) is 39.2 Å². The molecule has 1 heterocycles. The summed E-state index contributed by atoms with van der Waals surface area (Å²) in [5, 5.41) is 4.13. The van der Waals surface area contributed by atoms with Crippen LogP contribution in [0, 0.1) is 0 Å². The Balaban J connectivity index is 2.59. The van der Waals surface area contributed by atoms with Crippen LogP contribution in [0.4, 0.5) is 5.13 Å². The van der Waals surface area contributed by atoms with Gasteiger partial charge in [-0.2, -0.15) is 4.37 Å². The maximum Gasteiger partial charge on any atom is 0.203 e. The molecular weight excluding hydrogens is 196 g/mol. The van der Waals surface area contributed by atoms with Gasteiger partial charge in [0.15, 0.2) is 0 Å². The van der Waals surface area contributed by atoms with Gasteiger partial charge in [0.1, 0.15) is 5.82 Å². The number of nitrogens with one attached hydrogen (secondary N) is 1. The van der Waals surface area contributed by atoms with Gasteiger partial charge in [0.25, 0.3) is 0 Å². The van der Waals surface area contributed by atoms with E-state index in [-0.39, 0.29) is 5.54 Å². The van der Waals surface area contributed by atoms with E-state index in [1.165, 1.54) is 11.5 Å². The van der Waals surface area contributed by atoms with Gasteiger partial charge in [0.05, 0.1) is 0 Å². The van der Waals surface area contributed by atoms with Gasteiger partial charge in [-0.05, 0) is 20.3 Å². The fourth-order valence-corrected chi connectivity index (χ4v) is 1.76. The lowest BCUT2D eigenvalue weighted by atomic mass is 10.1. The van der Waals surface area contributed by atoms with Crippen LogP contribution in [0.2, 0.25) is 0 Å². The molecule has 0 saturated heterocycles. The van der Waals surface area contributed by atoms with Gasteiger partial charge in [-0.15, -0.1) is 0 Å². The Morgan fingerprint density at radius 1 is 1.50 bits per heavy atom. The summed E-state index contributed by atoms with van der Waals surface area (Å²) in [6.45, 7) is 6.80. The second-order valence-corrected chi connectivity index (χ2v) is 4.73. The van der Waals surface area contributed by atoms with Crippen molar-refractivity contribution >= 4 is 16.7 Å². The predicted molar refractivity (Wildman–Crippen MR) is 60.7 cm³/mol. The minimum absolute atomic E-state index is 0.108. The Morgan fingerprint density at radius 2 is 2.21 bits per heavy atom. The number of hydrogen-bond acceptors (Lipinski definition) is 5. The Bertz CT molecular complexity index is 282. The van der Waals surface area contributed by atoms with E-state index < -0.39 is 0 Å². The molecule has 0 saturated carbocycles. The molecule has 0 amide bonds. The van der Waals surface area contributed by atoms with Crippen LogP contribution in [-0.2, 0) is 6.42 Å². The van der Waals surface area contributed by atoms with Crippen LogP contribution >= 0.6 is 11.5 Å². The number of hydrogen-bond donors (Lipinski definition) is 2. The topological polar surface area (TPSA) is 63.8 Å². The highest BCUT2D eigenvalue weighted by atomic mass is 32.1. The zero-order valence-corrected chi connectivity index (χ0v) is 9.82. The van der Waals surface area contributed by atoms with E-state index in [0.29, 0.717) is 6.54 Å². The van der Waals surface area contributed by atoms with Crippen molar-refractivity contribution in [1.82, 2.24) is 9.36 Å². The fraction of sp³-hybridized carbons (Fsp3) is 0.778. The lowest BCUT2D eigenvalue weighted by Gasteiger charge is -2.23. The average molecular weight is 214 g/mol. The minimum atomic E-state index is -0.108. The minimum Gasteiger partial charge on any atom is -0.354 e. The summed E-state index contributed by atoms with van der Waals surface area (Å²) in [5.74, 6) is 0.924. The number of rotatable bonds is 5. The van der Waals surface area contributed by atoms with Crippen LogP contribution in [0.1, 0.15) is 33.0 Å². The summed E-state index contributed by atoms with van der Waals surface area (Å²) in [6.07, 6.45) is 2.03. The van der Waals surface area contributed by atoms with Crippen LogP contribution in [-0.4, -0.2) is 21.4 Å². The van der Waals surface area contributed by atoms with Crippen LogP contribution in [0.15, 0.2) is 0 Å². The van der Waals surface area contributed by atoms with Crippen molar-refractivity contribution in [2.24, 2.45) is 5.73 Å². The summed E-state index contributed by atoms with van der Waals surface area (Å²) in [4.78, 5) is 4.37. The number of nitrogens with zero attached hydrogens (tertiary/aromatic N) is 2. The summed E-state index contributed by atoms with van der Waals surface area (Å²) >= 11 is 1.40. The molecular formula is C9H18N4S. The predicted octanol–water partition coefficient (Wildman–Crippen LogP) is 1.64. The second-order valence-electron chi connectivity index (χ2n) is 3.98. The first kappa shape index (κ1) is 11.4. The van der Waals surface area contributed by atoms with Crippen molar-refractivity contribution in [1.29, 1.82) is 0 Å². The molecule has 3 N–H and O–H groups in total.